The molecule has 1 saturated heterocycles. The van der Waals surface area contributed by atoms with E-state index in [0.29, 0.717) is 25.9 Å². The van der Waals surface area contributed by atoms with Crippen molar-refractivity contribution in [1.82, 2.24) is 4.90 Å². The quantitative estimate of drug-likeness (QED) is 0.710. The molecular formula is C23H25NO4S. The number of hydrogen-bond donors (Lipinski definition) is 1. The molecule has 6 heteroatoms. The van der Waals surface area contributed by atoms with Crippen molar-refractivity contribution in [3.05, 3.63) is 59.7 Å². The van der Waals surface area contributed by atoms with Crippen LogP contribution in [0.3, 0.4) is 0 Å². The second-order valence-electron chi connectivity index (χ2n) is 7.04. The van der Waals surface area contributed by atoms with Crippen LogP contribution in [0, 0.1) is 12.8 Å². The average molecular weight is 412 g/mol. The molecule has 0 atom stereocenters. The first-order chi connectivity index (χ1) is 14.0. The number of amides is 1. The minimum absolute atomic E-state index is 0.0688. The molecular weight excluding hydrogens is 386 g/mol. The molecule has 1 aliphatic heterocycles. The minimum atomic E-state index is -0.769. The van der Waals surface area contributed by atoms with E-state index in [0.717, 1.165) is 26.7 Å². The molecule has 3 rings (SSSR count). The van der Waals surface area contributed by atoms with Crippen LogP contribution in [0.5, 0.6) is 5.75 Å². The second-order valence-corrected chi connectivity index (χ2v) is 8.16. The number of carbonyl (C=O) groups is 2. The lowest BCUT2D eigenvalue weighted by atomic mass is 9.97. The SMILES string of the molecule is COc1ccccc1Sc1ccc(/C=C/C(=O)N2CCC(C(=O)O)CC2)c(C)c1. The van der Waals surface area contributed by atoms with E-state index in [1.54, 1.807) is 29.8 Å². The fourth-order valence-corrected chi connectivity index (χ4v) is 4.37. The van der Waals surface area contributed by atoms with E-state index in [1.807, 2.05) is 49.4 Å². The van der Waals surface area contributed by atoms with E-state index in [2.05, 4.69) is 6.07 Å². The highest BCUT2D eigenvalue weighted by Crippen LogP contribution is 2.35. The van der Waals surface area contributed by atoms with Crippen molar-refractivity contribution in [2.24, 2.45) is 5.92 Å². The summed E-state index contributed by atoms with van der Waals surface area (Å²) in [6.07, 6.45) is 4.45. The van der Waals surface area contributed by atoms with Crippen molar-refractivity contribution in [2.45, 2.75) is 29.6 Å². The highest BCUT2D eigenvalue weighted by Gasteiger charge is 2.25. The Balaban J connectivity index is 1.63. The Morgan fingerprint density at radius 3 is 2.55 bits per heavy atom. The third kappa shape index (κ3) is 5.41. The molecule has 29 heavy (non-hydrogen) atoms. The molecule has 1 heterocycles. The van der Waals surface area contributed by atoms with Gasteiger partial charge in [-0.1, -0.05) is 30.0 Å². The first-order valence-corrected chi connectivity index (χ1v) is 10.4. The van der Waals surface area contributed by atoms with E-state index in [-0.39, 0.29) is 11.8 Å². The van der Waals surface area contributed by atoms with Gasteiger partial charge < -0.3 is 14.7 Å². The lowest BCUT2D eigenvalue weighted by molar-refractivity contribution is -0.144. The van der Waals surface area contributed by atoms with E-state index in [4.69, 9.17) is 9.84 Å². The molecule has 5 nitrogen and oxygen atoms in total. The highest BCUT2D eigenvalue weighted by molar-refractivity contribution is 7.99. The molecule has 0 aromatic heterocycles. The zero-order valence-electron chi connectivity index (χ0n) is 16.6. The fraction of sp³-hybridized carbons (Fsp3) is 0.304. The number of para-hydroxylation sites is 1. The maximum Gasteiger partial charge on any atom is 0.306 e. The summed E-state index contributed by atoms with van der Waals surface area (Å²) in [5.41, 5.74) is 2.07. The van der Waals surface area contributed by atoms with Crippen molar-refractivity contribution in [1.29, 1.82) is 0 Å². The first-order valence-electron chi connectivity index (χ1n) is 9.59. The van der Waals surface area contributed by atoms with Crippen LogP contribution in [0.4, 0.5) is 0 Å². The summed E-state index contributed by atoms with van der Waals surface area (Å²) in [6, 6.07) is 14.0. The molecule has 0 radical (unpaired) electrons. The first kappa shape index (κ1) is 21.0. The van der Waals surface area contributed by atoms with Gasteiger partial charge in [0.15, 0.2) is 0 Å². The number of aliphatic carboxylic acids is 1. The van der Waals surface area contributed by atoms with Crippen molar-refractivity contribution in [3.63, 3.8) is 0 Å². The van der Waals surface area contributed by atoms with Gasteiger partial charge in [-0.3, -0.25) is 9.59 Å². The summed E-state index contributed by atoms with van der Waals surface area (Å²) in [4.78, 5) is 27.3. The number of piperidine rings is 1. The van der Waals surface area contributed by atoms with Crippen molar-refractivity contribution < 1.29 is 19.4 Å². The molecule has 1 aliphatic rings. The monoisotopic (exact) mass is 411 g/mol. The van der Waals surface area contributed by atoms with Crippen LogP contribution in [-0.2, 0) is 9.59 Å². The minimum Gasteiger partial charge on any atom is -0.496 e. The Morgan fingerprint density at radius 2 is 1.90 bits per heavy atom. The van der Waals surface area contributed by atoms with Gasteiger partial charge in [0.1, 0.15) is 5.75 Å². The summed E-state index contributed by atoms with van der Waals surface area (Å²) in [7, 11) is 1.67. The molecule has 0 bridgehead atoms. The summed E-state index contributed by atoms with van der Waals surface area (Å²) in [6.45, 7) is 3.01. The van der Waals surface area contributed by atoms with Gasteiger partial charge in [-0.2, -0.15) is 0 Å². The van der Waals surface area contributed by atoms with Crippen LogP contribution in [0.15, 0.2) is 58.3 Å². The Labute approximate surface area is 175 Å². The highest BCUT2D eigenvalue weighted by atomic mass is 32.2. The number of nitrogens with zero attached hydrogens (tertiary/aromatic N) is 1. The van der Waals surface area contributed by atoms with E-state index in [1.165, 1.54) is 0 Å². The van der Waals surface area contributed by atoms with E-state index in [9.17, 15) is 9.59 Å². The van der Waals surface area contributed by atoms with Gasteiger partial charge in [-0.15, -0.1) is 0 Å². The van der Waals surface area contributed by atoms with E-state index >= 15 is 0 Å². The number of aryl methyl sites for hydroxylation is 1. The molecule has 0 aliphatic carbocycles. The van der Waals surface area contributed by atoms with Gasteiger partial charge in [0.2, 0.25) is 5.91 Å². The molecule has 0 spiro atoms. The standard InChI is InChI=1S/C23H25NO4S/c1-16-15-19(29-21-6-4-3-5-20(21)28-2)9-7-17(16)8-10-22(25)24-13-11-18(12-14-24)23(26)27/h3-10,15,18H,11-14H2,1-2H3,(H,26,27)/b10-8+. The number of rotatable bonds is 6. The number of hydrogen-bond acceptors (Lipinski definition) is 4. The smallest absolute Gasteiger partial charge is 0.306 e. The largest absolute Gasteiger partial charge is 0.496 e. The summed E-state index contributed by atoms with van der Waals surface area (Å²) >= 11 is 1.64. The predicted molar refractivity (Wildman–Crippen MR) is 114 cm³/mol. The zero-order valence-corrected chi connectivity index (χ0v) is 17.4. The number of ether oxygens (including phenoxy) is 1. The maximum absolute atomic E-state index is 12.4. The topological polar surface area (TPSA) is 66.8 Å². The normalized spacial score (nSPS) is 14.9. The molecule has 1 fully saturated rings. The summed E-state index contributed by atoms with van der Waals surface area (Å²) < 4.78 is 5.41. The number of carbonyl (C=O) groups excluding carboxylic acids is 1. The van der Waals surface area contributed by atoms with Crippen LogP contribution < -0.4 is 4.74 Å². The Bertz CT molecular complexity index is 917. The lowest BCUT2D eigenvalue weighted by Crippen LogP contribution is -2.39. The number of carboxylic acid groups (broad SMARTS) is 1. The van der Waals surface area contributed by atoms with Crippen LogP contribution in [0.2, 0.25) is 0 Å². The van der Waals surface area contributed by atoms with Gasteiger partial charge in [0, 0.05) is 24.1 Å². The number of likely N-dealkylation sites (tertiary alicyclic amines) is 1. The average Bonchev–Trinajstić information content (AvgIpc) is 2.73. The Kier molecular flexibility index (Phi) is 6.99. The molecule has 152 valence electrons. The molecule has 0 saturated carbocycles. The van der Waals surface area contributed by atoms with Crippen molar-refractivity contribution >= 4 is 29.7 Å². The van der Waals surface area contributed by atoms with E-state index < -0.39 is 5.97 Å². The molecule has 2 aromatic rings. The second kappa shape index (κ2) is 9.65. The number of methoxy groups -OCH3 is 1. The molecule has 2 aromatic carbocycles. The predicted octanol–water partition coefficient (Wildman–Crippen LogP) is 4.49. The van der Waals surface area contributed by atoms with Gasteiger partial charge in [0.05, 0.1) is 17.9 Å². The fourth-order valence-electron chi connectivity index (χ4n) is 3.34. The van der Waals surface area contributed by atoms with Gasteiger partial charge in [-0.05, 0) is 61.2 Å². The molecule has 1 amide bonds. The number of carboxylic acids is 1. The van der Waals surface area contributed by atoms with Gasteiger partial charge >= 0.3 is 5.97 Å². The van der Waals surface area contributed by atoms with Crippen LogP contribution in [-0.4, -0.2) is 42.1 Å². The number of benzene rings is 2. The maximum atomic E-state index is 12.4. The molecule has 0 unspecified atom stereocenters. The Morgan fingerprint density at radius 1 is 1.17 bits per heavy atom. The zero-order chi connectivity index (χ0) is 20.8. The van der Waals surface area contributed by atoms with Crippen molar-refractivity contribution in [3.8, 4) is 5.75 Å². The summed E-state index contributed by atoms with van der Waals surface area (Å²) in [5, 5.41) is 9.06. The van der Waals surface area contributed by atoms with Crippen LogP contribution >= 0.6 is 11.8 Å². The third-order valence-electron chi connectivity index (χ3n) is 5.10. The van der Waals surface area contributed by atoms with Gasteiger partial charge in [0.25, 0.3) is 0 Å². The van der Waals surface area contributed by atoms with Gasteiger partial charge in [-0.25, -0.2) is 0 Å². The van der Waals surface area contributed by atoms with Crippen LogP contribution in [0.1, 0.15) is 24.0 Å². The third-order valence-corrected chi connectivity index (χ3v) is 6.15. The van der Waals surface area contributed by atoms with Crippen LogP contribution in [0.25, 0.3) is 6.08 Å². The lowest BCUT2D eigenvalue weighted by Gasteiger charge is -2.29. The summed E-state index contributed by atoms with van der Waals surface area (Å²) in [5.74, 6) is -0.329. The molecule has 1 N–H and O–H groups in total. The Hall–Kier alpha value is -2.73. The van der Waals surface area contributed by atoms with Crippen molar-refractivity contribution in [2.75, 3.05) is 20.2 Å².